The van der Waals surface area contributed by atoms with Crippen LogP contribution in [-0.4, -0.2) is 11.1 Å². The number of hydrogen-bond donors (Lipinski definition) is 2. The number of carbonyl (C=O) groups is 1. The Morgan fingerprint density at radius 1 is 1.10 bits per heavy atom. The highest BCUT2D eigenvalue weighted by atomic mass is 16.5. The van der Waals surface area contributed by atoms with Crippen molar-refractivity contribution >= 4 is 11.7 Å². The molecule has 0 amide bonds. The fraction of sp³-hybridized carbons (Fsp3) is 0.235. The maximum Gasteiger partial charge on any atom is 0.337 e. The highest BCUT2D eigenvalue weighted by Gasteiger charge is 2.15. The zero-order valence-electron chi connectivity index (χ0n) is 12.4. The summed E-state index contributed by atoms with van der Waals surface area (Å²) in [5, 5.41) is 9.05. The van der Waals surface area contributed by atoms with Gasteiger partial charge in [-0.3, -0.25) is 0 Å². The maximum atomic E-state index is 11.0. The van der Waals surface area contributed by atoms with Crippen molar-refractivity contribution in [2.24, 2.45) is 0 Å². The van der Waals surface area contributed by atoms with Crippen molar-refractivity contribution in [3.63, 3.8) is 0 Å². The molecule has 2 aromatic carbocycles. The van der Waals surface area contributed by atoms with Gasteiger partial charge in [-0.2, -0.15) is 0 Å². The maximum absolute atomic E-state index is 11.0. The third-order valence-corrected chi connectivity index (χ3v) is 3.24. The summed E-state index contributed by atoms with van der Waals surface area (Å²) in [7, 11) is 0. The lowest BCUT2D eigenvalue weighted by Gasteiger charge is -2.19. The minimum absolute atomic E-state index is 0.0406. The molecule has 0 fully saturated rings. The molecule has 110 valence electrons. The first-order chi connectivity index (χ1) is 9.79. The summed E-state index contributed by atoms with van der Waals surface area (Å²) in [5.74, 6) is -0.100. The number of aromatic carboxylic acids is 1. The number of anilines is 1. The molecule has 0 aliphatic rings. The highest BCUT2D eigenvalue weighted by molar-refractivity contribution is 5.95. The zero-order chi connectivity index (χ0) is 15.6. The van der Waals surface area contributed by atoms with E-state index in [4.69, 9.17) is 15.6 Å². The summed E-state index contributed by atoms with van der Waals surface area (Å²) < 4.78 is 5.68. The molecule has 0 aromatic heterocycles. The van der Waals surface area contributed by atoms with Crippen LogP contribution in [-0.2, 0) is 5.41 Å². The van der Waals surface area contributed by atoms with Gasteiger partial charge >= 0.3 is 5.97 Å². The average Bonchev–Trinajstić information content (AvgIpc) is 2.40. The van der Waals surface area contributed by atoms with Gasteiger partial charge in [0, 0.05) is 0 Å². The molecule has 0 bridgehead atoms. The average molecular weight is 285 g/mol. The Hall–Kier alpha value is -2.49. The van der Waals surface area contributed by atoms with Crippen molar-refractivity contribution in [1.29, 1.82) is 0 Å². The molecular formula is C17H19NO3. The quantitative estimate of drug-likeness (QED) is 0.834. The Bertz CT molecular complexity index is 655. The molecular weight excluding hydrogens is 266 g/mol. The van der Waals surface area contributed by atoms with Crippen molar-refractivity contribution in [2.45, 2.75) is 26.2 Å². The Labute approximate surface area is 124 Å². The molecule has 0 aliphatic heterocycles. The number of carboxylic acid groups (broad SMARTS) is 1. The SMILES string of the molecule is CC(C)(C)c1ccc(Oc2cccc(C(=O)O)c2N)cc1. The summed E-state index contributed by atoms with van der Waals surface area (Å²) in [4.78, 5) is 11.0. The highest BCUT2D eigenvalue weighted by Crippen LogP contribution is 2.31. The lowest BCUT2D eigenvalue weighted by molar-refractivity contribution is 0.0697. The van der Waals surface area contributed by atoms with E-state index in [0.29, 0.717) is 11.5 Å². The third kappa shape index (κ3) is 3.34. The predicted molar refractivity (Wildman–Crippen MR) is 83.0 cm³/mol. The van der Waals surface area contributed by atoms with Crippen molar-refractivity contribution < 1.29 is 14.6 Å². The summed E-state index contributed by atoms with van der Waals surface area (Å²) in [6.07, 6.45) is 0. The summed E-state index contributed by atoms with van der Waals surface area (Å²) >= 11 is 0. The molecule has 0 unspecified atom stereocenters. The molecule has 0 aliphatic carbocycles. The fourth-order valence-electron chi connectivity index (χ4n) is 1.97. The molecule has 0 spiro atoms. The molecule has 0 saturated heterocycles. The normalized spacial score (nSPS) is 11.2. The number of nitrogens with two attached hydrogens (primary N) is 1. The Morgan fingerprint density at radius 2 is 1.71 bits per heavy atom. The first kappa shape index (κ1) is 14.9. The number of rotatable bonds is 3. The van der Waals surface area contributed by atoms with E-state index in [1.807, 2.05) is 24.3 Å². The molecule has 4 heteroatoms. The van der Waals surface area contributed by atoms with Crippen LogP contribution in [0.1, 0.15) is 36.7 Å². The molecule has 4 nitrogen and oxygen atoms in total. The van der Waals surface area contributed by atoms with Gasteiger partial charge in [0.25, 0.3) is 0 Å². The van der Waals surface area contributed by atoms with E-state index in [1.54, 1.807) is 12.1 Å². The van der Waals surface area contributed by atoms with Crippen LogP contribution < -0.4 is 10.5 Å². The number of carboxylic acids is 1. The molecule has 3 N–H and O–H groups in total. The summed E-state index contributed by atoms with van der Waals surface area (Å²) in [5.41, 5.74) is 7.26. The minimum Gasteiger partial charge on any atom is -0.478 e. The topological polar surface area (TPSA) is 72.5 Å². The monoisotopic (exact) mass is 285 g/mol. The van der Waals surface area contributed by atoms with Crippen LogP contribution in [0.15, 0.2) is 42.5 Å². The molecule has 21 heavy (non-hydrogen) atoms. The van der Waals surface area contributed by atoms with Gasteiger partial charge in [-0.25, -0.2) is 4.79 Å². The predicted octanol–water partition coefficient (Wildman–Crippen LogP) is 4.06. The Kier molecular flexibility index (Phi) is 3.89. The number of hydrogen-bond acceptors (Lipinski definition) is 3. The first-order valence-corrected chi connectivity index (χ1v) is 6.69. The van der Waals surface area contributed by atoms with E-state index in [-0.39, 0.29) is 16.7 Å². The van der Waals surface area contributed by atoms with Gasteiger partial charge in [0.05, 0.1) is 11.3 Å². The first-order valence-electron chi connectivity index (χ1n) is 6.69. The van der Waals surface area contributed by atoms with Crippen LogP contribution in [0.25, 0.3) is 0 Å². The van der Waals surface area contributed by atoms with Crippen molar-refractivity contribution in [3.8, 4) is 11.5 Å². The fourth-order valence-corrected chi connectivity index (χ4v) is 1.97. The number of para-hydroxylation sites is 1. The molecule has 0 atom stereocenters. The standard InChI is InChI=1S/C17H19NO3/c1-17(2,3)11-7-9-12(10-8-11)21-14-6-4-5-13(15(14)18)16(19)20/h4-10H,18H2,1-3H3,(H,19,20). The Morgan fingerprint density at radius 3 is 2.24 bits per heavy atom. The third-order valence-electron chi connectivity index (χ3n) is 3.24. The smallest absolute Gasteiger partial charge is 0.337 e. The number of ether oxygens (including phenoxy) is 1. The van der Waals surface area contributed by atoms with E-state index in [0.717, 1.165) is 0 Å². The second kappa shape index (κ2) is 5.48. The summed E-state index contributed by atoms with van der Waals surface area (Å²) in [6, 6.07) is 12.4. The van der Waals surface area contributed by atoms with E-state index in [1.165, 1.54) is 11.6 Å². The van der Waals surface area contributed by atoms with Crippen LogP contribution in [0.3, 0.4) is 0 Å². The van der Waals surface area contributed by atoms with Crippen molar-refractivity contribution in [2.75, 3.05) is 5.73 Å². The van der Waals surface area contributed by atoms with E-state index in [9.17, 15) is 4.79 Å². The summed E-state index contributed by atoms with van der Waals surface area (Å²) in [6.45, 7) is 6.41. The van der Waals surface area contributed by atoms with Gasteiger partial charge in [0.2, 0.25) is 0 Å². The van der Waals surface area contributed by atoms with E-state index in [2.05, 4.69) is 20.8 Å². The van der Waals surface area contributed by atoms with Crippen molar-refractivity contribution in [3.05, 3.63) is 53.6 Å². The van der Waals surface area contributed by atoms with Gasteiger partial charge in [-0.15, -0.1) is 0 Å². The number of benzene rings is 2. The van der Waals surface area contributed by atoms with Crippen LogP contribution in [0.2, 0.25) is 0 Å². The van der Waals surface area contributed by atoms with Gasteiger partial charge in [-0.05, 0) is 35.2 Å². The zero-order valence-corrected chi connectivity index (χ0v) is 12.4. The molecule has 0 radical (unpaired) electrons. The van der Waals surface area contributed by atoms with Crippen LogP contribution >= 0.6 is 0 Å². The molecule has 2 aromatic rings. The Balaban J connectivity index is 2.27. The molecule has 0 saturated carbocycles. The lowest BCUT2D eigenvalue weighted by atomic mass is 9.87. The van der Waals surface area contributed by atoms with Crippen LogP contribution in [0.5, 0.6) is 11.5 Å². The minimum atomic E-state index is -1.07. The molecule has 0 heterocycles. The van der Waals surface area contributed by atoms with Gasteiger partial charge in [0.1, 0.15) is 5.75 Å². The van der Waals surface area contributed by atoms with Crippen LogP contribution in [0, 0.1) is 0 Å². The van der Waals surface area contributed by atoms with Crippen LogP contribution in [0.4, 0.5) is 5.69 Å². The number of nitrogen functional groups attached to an aromatic ring is 1. The van der Waals surface area contributed by atoms with Gasteiger partial charge in [0.15, 0.2) is 5.75 Å². The molecule has 2 rings (SSSR count). The largest absolute Gasteiger partial charge is 0.478 e. The second-order valence-corrected chi connectivity index (χ2v) is 5.90. The lowest BCUT2D eigenvalue weighted by Crippen LogP contribution is -2.10. The van der Waals surface area contributed by atoms with Crippen molar-refractivity contribution in [1.82, 2.24) is 0 Å². The second-order valence-electron chi connectivity index (χ2n) is 5.90. The van der Waals surface area contributed by atoms with Gasteiger partial charge < -0.3 is 15.6 Å². The van der Waals surface area contributed by atoms with E-state index < -0.39 is 5.97 Å². The van der Waals surface area contributed by atoms with Gasteiger partial charge in [-0.1, -0.05) is 39.0 Å². The van der Waals surface area contributed by atoms with E-state index >= 15 is 0 Å².